The van der Waals surface area contributed by atoms with Crippen LogP contribution in [0.15, 0.2) is 0 Å². The van der Waals surface area contributed by atoms with Crippen molar-refractivity contribution in [3.63, 3.8) is 0 Å². The molecule has 1 unspecified atom stereocenters. The first-order valence-corrected chi connectivity index (χ1v) is 5.49. The van der Waals surface area contributed by atoms with E-state index in [0.29, 0.717) is 19.1 Å². The van der Waals surface area contributed by atoms with Crippen LogP contribution >= 0.6 is 0 Å². The Morgan fingerprint density at radius 1 is 1.31 bits per heavy atom. The number of hydrogen-bond donors (Lipinski definition) is 2. The summed E-state index contributed by atoms with van der Waals surface area (Å²) in [6.45, 7) is 4.85. The van der Waals surface area contributed by atoms with Crippen molar-refractivity contribution in [2.75, 3.05) is 19.6 Å². The van der Waals surface area contributed by atoms with E-state index < -0.39 is 0 Å². The quantitative estimate of drug-likeness (QED) is 0.672. The predicted molar refractivity (Wildman–Crippen MR) is 56.5 cm³/mol. The summed E-state index contributed by atoms with van der Waals surface area (Å²) < 4.78 is 0. The van der Waals surface area contributed by atoms with Gasteiger partial charge in [-0.25, -0.2) is 0 Å². The van der Waals surface area contributed by atoms with Gasteiger partial charge in [-0.05, 0) is 25.8 Å². The summed E-state index contributed by atoms with van der Waals surface area (Å²) in [4.78, 5) is 2.52. The molecule has 3 nitrogen and oxygen atoms in total. The third-order valence-electron chi connectivity index (χ3n) is 3.16. The van der Waals surface area contributed by atoms with Crippen LogP contribution in [0, 0.1) is 0 Å². The fourth-order valence-electron chi connectivity index (χ4n) is 2.31. The van der Waals surface area contributed by atoms with Crippen LogP contribution in [-0.2, 0) is 0 Å². The molecular formula is C10H23N3. The molecule has 0 aromatic heterocycles. The van der Waals surface area contributed by atoms with Crippen molar-refractivity contribution < 1.29 is 0 Å². The van der Waals surface area contributed by atoms with Gasteiger partial charge in [-0.3, -0.25) is 4.90 Å². The molecule has 0 spiro atoms. The molecule has 0 amide bonds. The molecule has 13 heavy (non-hydrogen) atoms. The lowest BCUT2D eigenvalue weighted by atomic mass is 9.98. The monoisotopic (exact) mass is 185 g/mol. The van der Waals surface area contributed by atoms with E-state index in [1.54, 1.807) is 0 Å². The molecule has 3 heteroatoms. The third-order valence-corrected chi connectivity index (χ3v) is 3.16. The van der Waals surface area contributed by atoms with Gasteiger partial charge in [0.25, 0.3) is 0 Å². The first-order chi connectivity index (χ1) is 6.33. The summed E-state index contributed by atoms with van der Waals surface area (Å²) >= 11 is 0. The van der Waals surface area contributed by atoms with Gasteiger partial charge in [0.1, 0.15) is 0 Å². The van der Waals surface area contributed by atoms with Crippen molar-refractivity contribution in [1.29, 1.82) is 0 Å². The number of nitrogens with zero attached hydrogens (tertiary/aromatic N) is 1. The molecule has 1 saturated heterocycles. The molecule has 1 aliphatic rings. The summed E-state index contributed by atoms with van der Waals surface area (Å²) in [7, 11) is 0. The van der Waals surface area contributed by atoms with Crippen LogP contribution in [0.2, 0.25) is 0 Å². The Hall–Kier alpha value is -0.120. The minimum Gasteiger partial charge on any atom is -0.329 e. The number of nitrogens with two attached hydrogens (primary N) is 2. The van der Waals surface area contributed by atoms with Crippen LogP contribution in [0.1, 0.15) is 32.6 Å². The van der Waals surface area contributed by atoms with Crippen LogP contribution in [0.5, 0.6) is 0 Å². The molecule has 0 aromatic carbocycles. The number of hydrogen-bond acceptors (Lipinski definition) is 3. The fourth-order valence-corrected chi connectivity index (χ4v) is 2.31. The average molecular weight is 185 g/mol. The molecule has 78 valence electrons. The second-order valence-corrected chi connectivity index (χ2v) is 3.92. The Balaban J connectivity index is 2.51. The molecule has 0 aromatic rings. The van der Waals surface area contributed by atoms with E-state index >= 15 is 0 Å². The summed E-state index contributed by atoms with van der Waals surface area (Å²) in [6.07, 6.45) is 5.24. The maximum Gasteiger partial charge on any atom is 0.0343 e. The lowest BCUT2D eigenvalue weighted by Crippen LogP contribution is -2.52. The Morgan fingerprint density at radius 3 is 2.54 bits per heavy atom. The molecule has 0 radical (unpaired) electrons. The van der Waals surface area contributed by atoms with Crippen molar-refractivity contribution in [1.82, 2.24) is 4.90 Å². The number of piperidine rings is 1. The molecular weight excluding hydrogens is 162 g/mol. The van der Waals surface area contributed by atoms with Crippen LogP contribution in [0.3, 0.4) is 0 Å². The highest BCUT2D eigenvalue weighted by Crippen LogP contribution is 2.21. The second-order valence-electron chi connectivity index (χ2n) is 3.92. The summed E-state index contributed by atoms with van der Waals surface area (Å²) in [6, 6.07) is 1.14. The second kappa shape index (κ2) is 5.58. The minimum atomic E-state index is 0.408. The zero-order valence-electron chi connectivity index (χ0n) is 8.71. The van der Waals surface area contributed by atoms with Crippen LogP contribution < -0.4 is 11.5 Å². The van der Waals surface area contributed by atoms with E-state index in [0.717, 1.165) is 6.04 Å². The molecule has 0 saturated carbocycles. The topological polar surface area (TPSA) is 55.3 Å². The largest absolute Gasteiger partial charge is 0.329 e. The molecule has 1 atom stereocenters. The van der Waals surface area contributed by atoms with E-state index in [1.807, 2.05) is 0 Å². The van der Waals surface area contributed by atoms with E-state index in [-0.39, 0.29) is 0 Å². The van der Waals surface area contributed by atoms with Crippen LogP contribution in [0.4, 0.5) is 0 Å². The first-order valence-electron chi connectivity index (χ1n) is 5.49. The highest BCUT2D eigenvalue weighted by Gasteiger charge is 2.25. The standard InChI is InChI=1S/C10H23N3/c1-2-9-5-3-4-6-13(9)10(7-11)8-12/h9-10H,2-8,11-12H2,1H3. The van der Waals surface area contributed by atoms with Gasteiger partial charge < -0.3 is 11.5 Å². The smallest absolute Gasteiger partial charge is 0.0343 e. The van der Waals surface area contributed by atoms with Crippen LogP contribution in [-0.4, -0.2) is 36.6 Å². The molecule has 4 N–H and O–H groups in total. The van der Waals surface area contributed by atoms with Crippen molar-refractivity contribution in [2.45, 2.75) is 44.7 Å². The van der Waals surface area contributed by atoms with Gasteiger partial charge in [-0.2, -0.15) is 0 Å². The van der Waals surface area contributed by atoms with E-state index in [9.17, 15) is 0 Å². The normalized spacial score (nSPS) is 25.4. The minimum absolute atomic E-state index is 0.408. The Morgan fingerprint density at radius 2 is 2.00 bits per heavy atom. The average Bonchev–Trinajstić information content (AvgIpc) is 2.20. The van der Waals surface area contributed by atoms with E-state index in [1.165, 1.54) is 32.2 Å². The maximum atomic E-state index is 5.71. The van der Waals surface area contributed by atoms with Crippen molar-refractivity contribution >= 4 is 0 Å². The fraction of sp³-hybridized carbons (Fsp3) is 1.00. The highest BCUT2D eigenvalue weighted by atomic mass is 15.2. The van der Waals surface area contributed by atoms with Crippen LogP contribution in [0.25, 0.3) is 0 Å². The molecule has 1 rings (SSSR count). The van der Waals surface area contributed by atoms with Crippen molar-refractivity contribution in [3.8, 4) is 0 Å². The SMILES string of the molecule is CCC1CCCCN1C(CN)CN. The molecule has 0 aliphatic carbocycles. The van der Waals surface area contributed by atoms with Gasteiger partial charge in [-0.15, -0.1) is 0 Å². The first kappa shape index (κ1) is 11.0. The molecule has 1 heterocycles. The van der Waals surface area contributed by atoms with Gasteiger partial charge in [0, 0.05) is 25.2 Å². The van der Waals surface area contributed by atoms with Gasteiger partial charge in [0.2, 0.25) is 0 Å². The van der Waals surface area contributed by atoms with Gasteiger partial charge >= 0.3 is 0 Å². The Labute approximate surface area is 81.5 Å². The zero-order chi connectivity index (χ0) is 9.68. The molecule has 0 bridgehead atoms. The van der Waals surface area contributed by atoms with Gasteiger partial charge in [0.05, 0.1) is 0 Å². The van der Waals surface area contributed by atoms with Gasteiger partial charge in [0.15, 0.2) is 0 Å². The number of rotatable bonds is 4. The van der Waals surface area contributed by atoms with Crippen molar-refractivity contribution in [2.24, 2.45) is 11.5 Å². The maximum absolute atomic E-state index is 5.71. The summed E-state index contributed by atoms with van der Waals surface area (Å²) in [5, 5.41) is 0. The zero-order valence-corrected chi connectivity index (χ0v) is 8.71. The molecule has 1 aliphatic heterocycles. The predicted octanol–water partition coefficient (Wildman–Crippen LogP) is 0.537. The van der Waals surface area contributed by atoms with E-state index in [4.69, 9.17) is 11.5 Å². The third kappa shape index (κ3) is 2.66. The van der Waals surface area contributed by atoms with Gasteiger partial charge in [-0.1, -0.05) is 13.3 Å². The Bertz CT molecular complexity index is 127. The molecule has 1 fully saturated rings. The van der Waals surface area contributed by atoms with Crippen molar-refractivity contribution in [3.05, 3.63) is 0 Å². The lowest BCUT2D eigenvalue weighted by molar-refractivity contribution is 0.0988. The summed E-state index contributed by atoms with van der Waals surface area (Å²) in [5.41, 5.74) is 11.4. The Kier molecular flexibility index (Phi) is 4.70. The number of likely N-dealkylation sites (tertiary alicyclic amines) is 1. The highest BCUT2D eigenvalue weighted by molar-refractivity contribution is 4.83. The lowest BCUT2D eigenvalue weighted by Gasteiger charge is -2.40. The summed E-state index contributed by atoms with van der Waals surface area (Å²) in [5.74, 6) is 0. The van der Waals surface area contributed by atoms with E-state index in [2.05, 4.69) is 11.8 Å².